The van der Waals surface area contributed by atoms with E-state index < -0.39 is 0 Å². The lowest BCUT2D eigenvalue weighted by Crippen LogP contribution is -2.50. The summed E-state index contributed by atoms with van der Waals surface area (Å²) < 4.78 is 11.0. The molecule has 3 heterocycles. The molecule has 0 radical (unpaired) electrons. The molecule has 7 heteroatoms. The number of amides is 2. The number of nitrogens with zero attached hydrogens (tertiary/aromatic N) is 3. The topological polar surface area (TPSA) is 66.2 Å². The zero-order valence-electron chi connectivity index (χ0n) is 18.7. The molecule has 7 nitrogen and oxygen atoms in total. The lowest BCUT2D eigenvalue weighted by atomic mass is 10.1. The van der Waals surface area contributed by atoms with Gasteiger partial charge in [0, 0.05) is 44.8 Å². The van der Waals surface area contributed by atoms with Gasteiger partial charge in [-0.3, -0.25) is 14.5 Å². The van der Waals surface area contributed by atoms with Crippen molar-refractivity contribution in [2.75, 3.05) is 52.4 Å². The Kier molecular flexibility index (Phi) is 6.41. The second kappa shape index (κ2) is 9.77. The number of rotatable bonds is 4. The van der Waals surface area contributed by atoms with E-state index in [9.17, 15) is 9.59 Å². The third-order valence-corrected chi connectivity index (χ3v) is 6.53. The predicted molar refractivity (Wildman–Crippen MR) is 125 cm³/mol. The maximum absolute atomic E-state index is 13.2. The number of benzene rings is 2. The molecule has 2 amide bonds. The number of ether oxygens (including phenoxy) is 1. The molecule has 1 aromatic heterocycles. The van der Waals surface area contributed by atoms with E-state index in [0.717, 1.165) is 48.9 Å². The van der Waals surface area contributed by atoms with Crippen LogP contribution in [0.1, 0.15) is 27.1 Å². The first-order chi connectivity index (χ1) is 16.2. The molecule has 2 aliphatic rings. The van der Waals surface area contributed by atoms with Crippen molar-refractivity contribution in [3.05, 3.63) is 72.2 Å². The highest BCUT2D eigenvalue weighted by Crippen LogP contribution is 2.18. The Morgan fingerprint density at radius 3 is 2.55 bits per heavy atom. The zero-order chi connectivity index (χ0) is 22.6. The van der Waals surface area contributed by atoms with Crippen molar-refractivity contribution in [2.45, 2.75) is 12.5 Å². The zero-order valence-corrected chi connectivity index (χ0v) is 18.7. The molecule has 1 atom stereocenters. The molecule has 2 fully saturated rings. The van der Waals surface area contributed by atoms with E-state index in [-0.39, 0.29) is 17.9 Å². The Labute approximate surface area is 193 Å². The van der Waals surface area contributed by atoms with Gasteiger partial charge < -0.3 is 19.0 Å². The fourth-order valence-electron chi connectivity index (χ4n) is 4.73. The Hall–Kier alpha value is -3.16. The second-order valence-corrected chi connectivity index (χ2v) is 8.76. The maximum Gasteiger partial charge on any atom is 0.257 e. The molecule has 2 aromatic carbocycles. The smallest absolute Gasteiger partial charge is 0.257 e. The van der Waals surface area contributed by atoms with Crippen LogP contribution >= 0.6 is 0 Å². The molecular weight excluding hydrogens is 418 g/mol. The number of fused-ring (bicyclic) bond motifs is 1. The normalized spacial score (nSPS) is 20.1. The summed E-state index contributed by atoms with van der Waals surface area (Å²) in [6.45, 7) is 5.61. The minimum Gasteiger partial charge on any atom is -0.472 e. The molecule has 172 valence electrons. The fraction of sp³-hybridized carbons (Fsp3) is 0.385. The van der Waals surface area contributed by atoms with E-state index in [1.165, 1.54) is 12.5 Å². The number of hydrogen-bond donors (Lipinski definition) is 0. The largest absolute Gasteiger partial charge is 0.472 e. The van der Waals surface area contributed by atoms with E-state index in [0.29, 0.717) is 31.8 Å². The van der Waals surface area contributed by atoms with Gasteiger partial charge in [0.25, 0.3) is 11.8 Å². The fourth-order valence-corrected chi connectivity index (χ4v) is 4.73. The Bertz CT molecular complexity index is 1110. The van der Waals surface area contributed by atoms with Crippen molar-refractivity contribution in [1.29, 1.82) is 0 Å². The molecule has 0 aliphatic carbocycles. The van der Waals surface area contributed by atoms with Crippen LogP contribution in [0.15, 0.2) is 65.5 Å². The van der Waals surface area contributed by atoms with Gasteiger partial charge in [0.05, 0.1) is 24.5 Å². The molecule has 5 rings (SSSR count). The summed E-state index contributed by atoms with van der Waals surface area (Å²) in [4.78, 5) is 31.9. The van der Waals surface area contributed by atoms with Crippen LogP contribution in [0.5, 0.6) is 0 Å². The molecule has 1 unspecified atom stereocenters. The summed E-state index contributed by atoms with van der Waals surface area (Å²) in [5, 5.41) is 2.23. The highest BCUT2D eigenvalue weighted by Gasteiger charge is 2.28. The summed E-state index contributed by atoms with van der Waals surface area (Å²) in [6.07, 6.45) is 3.90. The van der Waals surface area contributed by atoms with Crippen molar-refractivity contribution >= 4 is 22.6 Å². The summed E-state index contributed by atoms with van der Waals surface area (Å²) in [7, 11) is 0. The standard InChI is InChI=1S/C26H29N3O4/c30-25(22-7-6-20-4-1-2-5-21(20)16-22)28-10-3-9-27(11-12-28)17-24-18-29(13-15-33-24)26(31)23-8-14-32-19-23/h1-2,4-8,14,16,19,24H,3,9-13,15,17-18H2. The summed E-state index contributed by atoms with van der Waals surface area (Å²) in [5.74, 6) is 0.0773. The van der Waals surface area contributed by atoms with Crippen molar-refractivity contribution in [3.63, 3.8) is 0 Å². The number of carbonyl (C=O) groups is 2. The van der Waals surface area contributed by atoms with Crippen molar-refractivity contribution in [2.24, 2.45) is 0 Å². The minimum absolute atomic E-state index is 0.0138. The molecular formula is C26H29N3O4. The van der Waals surface area contributed by atoms with E-state index in [1.807, 2.05) is 46.2 Å². The number of furan rings is 1. The first-order valence-corrected chi connectivity index (χ1v) is 11.6. The molecule has 0 saturated carbocycles. The molecule has 2 saturated heterocycles. The SMILES string of the molecule is O=C(c1ccc2ccccc2c1)N1CCCN(CC2CN(C(=O)c3ccoc3)CCO2)CC1. The van der Waals surface area contributed by atoms with Crippen LogP contribution in [0.4, 0.5) is 0 Å². The first-order valence-electron chi connectivity index (χ1n) is 11.6. The van der Waals surface area contributed by atoms with E-state index in [1.54, 1.807) is 6.07 Å². The Morgan fingerprint density at radius 2 is 1.70 bits per heavy atom. The van der Waals surface area contributed by atoms with Crippen molar-refractivity contribution in [1.82, 2.24) is 14.7 Å². The van der Waals surface area contributed by atoms with Crippen molar-refractivity contribution < 1.29 is 18.7 Å². The highest BCUT2D eigenvalue weighted by molar-refractivity contribution is 5.98. The van der Waals surface area contributed by atoms with E-state index in [4.69, 9.17) is 9.15 Å². The first kappa shape index (κ1) is 21.7. The molecule has 0 spiro atoms. The number of carbonyl (C=O) groups excluding carboxylic acids is 2. The van der Waals surface area contributed by atoms with Gasteiger partial charge in [0.15, 0.2) is 0 Å². The Balaban J connectivity index is 1.17. The maximum atomic E-state index is 13.2. The molecule has 0 bridgehead atoms. The van der Waals surface area contributed by atoms with Crippen molar-refractivity contribution in [3.8, 4) is 0 Å². The van der Waals surface area contributed by atoms with Crippen LogP contribution < -0.4 is 0 Å². The van der Waals surface area contributed by atoms with Crippen LogP contribution in [0.2, 0.25) is 0 Å². The van der Waals surface area contributed by atoms with E-state index >= 15 is 0 Å². The van der Waals surface area contributed by atoms with Crippen LogP contribution in [0, 0.1) is 0 Å². The van der Waals surface area contributed by atoms with Gasteiger partial charge in [-0.1, -0.05) is 30.3 Å². The quantitative estimate of drug-likeness (QED) is 0.615. The van der Waals surface area contributed by atoms with Gasteiger partial charge in [0.2, 0.25) is 0 Å². The van der Waals surface area contributed by atoms with Crippen LogP contribution in [0.3, 0.4) is 0 Å². The van der Waals surface area contributed by atoms with Gasteiger partial charge >= 0.3 is 0 Å². The molecule has 2 aliphatic heterocycles. The summed E-state index contributed by atoms with van der Waals surface area (Å²) >= 11 is 0. The summed E-state index contributed by atoms with van der Waals surface area (Å²) in [6, 6.07) is 15.7. The second-order valence-electron chi connectivity index (χ2n) is 8.76. The molecule has 33 heavy (non-hydrogen) atoms. The number of hydrogen-bond acceptors (Lipinski definition) is 5. The third-order valence-electron chi connectivity index (χ3n) is 6.53. The van der Waals surface area contributed by atoms with Gasteiger partial charge in [0.1, 0.15) is 6.26 Å². The van der Waals surface area contributed by atoms with Gasteiger partial charge in [-0.2, -0.15) is 0 Å². The van der Waals surface area contributed by atoms with Crippen LogP contribution in [-0.4, -0.2) is 85.0 Å². The molecule has 3 aromatic rings. The average molecular weight is 448 g/mol. The minimum atomic E-state index is -0.0302. The lowest BCUT2D eigenvalue weighted by molar-refractivity contribution is -0.0353. The van der Waals surface area contributed by atoms with Gasteiger partial charge in [-0.15, -0.1) is 0 Å². The van der Waals surface area contributed by atoms with E-state index in [2.05, 4.69) is 11.0 Å². The monoisotopic (exact) mass is 447 g/mol. The Morgan fingerprint density at radius 1 is 0.848 bits per heavy atom. The third kappa shape index (κ3) is 4.94. The predicted octanol–water partition coefficient (Wildman–Crippen LogP) is 3.12. The van der Waals surface area contributed by atoms with Gasteiger partial charge in [-0.25, -0.2) is 0 Å². The van der Waals surface area contributed by atoms with Crippen LogP contribution in [-0.2, 0) is 4.74 Å². The van der Waals surface area contributed by atoms with Crippen LogP contribution in [0.25, 0.3) is 10.8 Å². The van der Waals surface area contributed by atoms with Gasteiger partial charge in [-0.05, 0) is 41.9 Å². The number of morpholine rings is 1. The highest BCUT2D eigenvalue weighted by atomic mass is 16.5. The summed E-state index contributed by atoms with van der Waals surface area (Å²) in [5.41, 5.74) is 1.32. The average Bonchev–Trinajstić information content (AvgIpc) is 3.30. The lowest BCUT2D eigenvalue weighted by Gasteiger charge is -2.35. The molecule has 0 N–H and O–H groups in total.